The first-order valence-electron chi connectivity index (χ1n) is 6.67. The second-order valence-electron chi connectivity index (χ2n) is 4.80. The maximum atomic E-state index is 12.4. The maximum Gasteiger partial charge on any atom is 0.242 e. The summed E-state index contributed by atoms with van der Waals surface area (Å²) in [6.45, 7) is 3.02. The van der Waals surface area contributed by atoms with Crippen molar-refractivity contribution in [3.63, 3.8) is 0 Å². The number of amides is 2. The van der Waals surface area contributed by atoms with E-state index >= 15 is 0 Å². The summed E-state index contributed by atoms with van der Waals surface area (Å²) in [6.07, 6.45) is 4.67. The number of hydrogen-bond acceptors (Lipinski definition) is 4. The van der Waals surface area contributed by atoms with Crippen molar-refractivity contribution in [2.75, 3.05) is 13.1 Å². The molecule has 1 unspecified atom stereocenters. The van der Waals surface area contributed by atoms with Crippen molar-refractivity contribution in [2.45, 2.75) is 25.8 Å². The van der Waals surface area contributed by atoms with Crippen LogP contribution in [-0.4, -0.2) is 45.2 Å². The van der Waals surface area contributed by atoms with E-state index in [-0.39, 0.29) is 24.3 Å². The molecule has 0 aromatic carbocycles. The SMILES string of the molecule is CCC1C(=O)NCCN1C(=O)Cc1cn2ccsc2n1. The smallest absolute Gasteiger partial charge is 0.242 e. The summed E-state index contributed by atoms with van der Waals surface area (Å²) in [5.74, 6) is -0.0876. The lowest BCUT2D eigenvalue weighted by Gasteiger charge is -2.34. The summed E-state index contributed by atoms with van der Waals surface area (Å²) in [6, 6.07) is -0.347. The van der Waals surface area contributed by atoms with Gasteiger partial charge in [0.15, 0.2) is 4.96 Å². The number of carbonyl (C=O) groups excluding carboxylic acids is 2. The molecule has 1 saturated heterocycles. The molecule has 1 aliphatic rings. The van der Waals surface area contributed by atoms with Crippen LogP contribution in [0.5, 0.6) is 0 Å². The van der Waals surface area contributed by atoms with E-state index in [4.69, 9.17) is 0 Å². The first-order valence-corrected chi connectivity index (χ1v) is 7.55. The van der Waals surface area contributed by atoms with Crippen LogP contribution in [0.2, 0.25) is 0 Å². The fourth-order valence-corrected chi connectivity index (χ4v) is 3.26. The van der Waals surface area contributed by atoms with Crippen LogP contribution in [0.15, 0.2) is 17.8 Å². The number of fused-ring (bicyclic) bond motifs is 1. The lowest BCUT2D eigenvalue weighted by atomic mass is 10.1. The molecule has 1 fully saturated rings. The third-order valence-corrected chi connectivity index (χ3v) is 4.28. The molecule has 1 atom stereocenters. The van der Waals surface area contributed by atoms with Gasteiger partial charge in [-0.2, -0.15) is 0 Å². The number of piperazine rings is 1. The number of thiazole rings is 1. The zero-order valence-corrected chi connectivity index (χ0v) is 12.0. The number of rotatable bonds is 3. The van der Waals surface area contributed by atoms with Gasteiger partial charge in [0.25, 0.3) is 0 Å². The van der Waals surface area contributed by atoms with E-state index in [0.717, 1.165) is 10.7 Å². The van der Waals surface area contributed by atoms with E-state index in [9.17, 15) is 9.59 Å². The molecule has 20 heavy (non-hydrogen) atoms. The number of nitrogens with zero attached hydrogens (tertiary/aromatic N) is 3. The summed E-state index contributed by atoms with van der Waals surface area (Å²) >= 11 is 1.54. The molecule has 1 aliphatic heterocycles. The van der Waals surface area contributed by atoms with Crippen LogP contribution < -0.4 is 5.32 Å². The first-order chi connectivity index (χ1) is 9.69. The average molecular weight is 292 g/mol. The minimum atomic E-state index is -0.347. The lowest BCUT2D eigenvalue weighted by molar-refractivity contribution is -0.142. The molecular weight excluding hydrogens is 276 g/mol. The number of aromatic nitrogens is 2. The Morgan fingerprint density at radius 1 is 1.60 bits per heavy atom. The summed E-state index contributed by atoms with van der Waals surface area (Å²) in [4.78, 5) is 31.1. The molecule has 0 bridgehead atoms. The maximum absolute atomic E-state index is 12.4. The highest BCUT2D eigenvalue weighted by atomic mass is 32.1. The van der Waals surface area contributed by atoms with Crippen molar-refractivity contribution in [3.05, 3.63) is 23.5 Å². The van der Waals surface area contributed by atoms with E-state index in [2.05, 4.69) is 10.3 Å². The third kappa shape index (κ3) is 2.29. The van der Waals surface area contributed by atoms with Crippen LogP contribution >= 0.6 is 11.3 Å². The van der Waals surface area contributed by atoms with Crippen molar-refractivity contribution in [1.82, 2.24) is 19.6 Å². The third-order valence-electron chi connectivity index (χ3n) is 3.51. The van der Waals surface area contributed by atoms with Crippen LogP contribution in [0, 0.1) is 0 Å². The van der Waals surface area contributed by atoms with Gasteiger partial charge in [-0.25, -0.2) is 4.98 Å². The van der Waals surface area contributed by atoms with Gasteiger partial charge in [0.2, 0.25) is 11.8 Å². The molecule has 3 rings (SSSR count). The van der Waals surface area contributed by atoms with Crippen molar-refractivity contribution >= 4 is 28.1 Å². The molecule has 106 valence electrons. The van der Waals surface area contributed by atoms with Crippen LogP contribution in [0.4, 0.5) is 0 Å². The fourth-order valence-electron chi connectivity index (χ4n) is 2.54. The highest BCUT2D eigenvalue weighted by molar-refractivity contribution is 7.15. The number of imidazole rings is 1. The second kappa shape index (κ2) is 5.24. The Kier molecular flexibility index (Phi) is 3.43. The monoisotopic (exact) mass is 292 g/mol. The van der Waals surface area contributed by atoms with Crippen molar-refractivity contribution < 1.29 is 9.59 Å². The molecular formula is C13H16N4O2S. The van der Waals surface area contributed by atoms with E-state index in [1.54, 1.807) is 4.90 Å². The van der Waals surface area contributed by atoms with Crippen molar-refractivity contribution in [2.24, 2.45) is 0 Å². The Bertz CT molecular complexity index is 619. The fraction of sp³-hybridized carbons (Fsp3) is 0.462. The van der Waals surface area contributed by atoms with Gasteiger partial charge >= 0.3 is 0 Å². The van der Waals surface area contributed by atoms with Crippen LogP contribution in [0.1, 0.15) is 19.0 Å². The molecule has 1 N–H and O–H groups in total. The van der Waals surface area contributed by atoms with E-state index in [0.29, 0.717) is 19.5 Å². The summed E-state index contributed by atoms with van der Waals surface area (Å²) < 4.78 is 1.91. The molecule has 0 spiro atoms. The summed E-state index contributed by atoms with van der Waals surface area (Å²) in [5, 5.41) is 4.75. The van der Waals surface area contributed by atoms with Gasteiger partial charge in [0, 0.05) is 30.9 Å². The molecule has 6 nitrogen and oxygen atoms in total. The molecule has 2 amide bonds. The first kappa shape index (κ1) is 13.1. The van der Waals surface area contributed by atoms with Crippen LogP contribution in [0.25, 0.3) is 4.96 Å². The lowest BCUT2D eigenvalue weighted by Crippen LogP contribution is -2.57. The zero-order chi connectivity index (χ0) is 14.1. The second-order valence-corrected chi connectivity index (χ2v) is 5.68. The topological polar surface area (TPSA) is 66.7 Å². The quantitative estimate of drug-likeness (QED) is 0.904. The van der Waals surface area contributed by atoms with Gasteiger partial charge in [0.1, 0.15) is 6.04 Å². The van der Waals surface area contributed by atoms with Gasteiger partial charge < -0.3 is 10.2 Å². The number of nitrogens with one attached hydrogen (secondary N) is 1. The minimum Gasteiger partial charge on any atom is -0.353 e. The Hall–Kier alpha value is -1.89. The summed E-state index contributed by atoms with van der Waals surface area (Å²) in [5.41, 5.74) is 0.752. The molecule has 0 aliphatic carbocycles. The highest BCUT2D eigenvalue weighted by Crippen LogP contribution is 2.14. The highest BCUT2D eigenvalue weighted by Gasteiger charge is 2.31. The summed E-state index contributed by atoms with van der Waals surface area (Å²) in [7, 11) is 0. The minimum absolute atomic E-state index is 0.0301. The van der Waals surface area contributed by atoms with Crippen molar-refractivity contribution in [3.8, 4) is 0 Å². The van der Waals surface area contributed by atoms with Gasteiger partial charge in [0.05, 0.1) is 12.1 Å². The standard InChI is InChI=1S/C13H16N4O2S/c1-2-10-12(19)14-3-4-17(10)11(18)7-9-8-16-5-6-20-13(16)15-9/h5-6,8,10H,2-4,7H2,1H3,(H,14,19). The van der Waals surface area contributed by atoms with Gasteiger partial charge in [-0.1, -0.05) is 6.92 Å². The Morgan fingerprint density at radius 3 is 3.20 bits per heavy atom. The molecule has 2 aromatic rings. The van der Waals surface area contributed by atoms with Gasteiger partial charge in [-0.05, 0) is 6.42 Å². The Labute approximate surface area is 120 Å². The molecule has 3 heterocycles. The van der Waals surface area contributed by atoms with E-state index in [1.165, 1.54) is 11.3 Å². The zero-order valence-electron chi connectivity index (χ0n) is 11.2. The Morgan fingerprint density at radius 2 is 2.45 bits per heavy atom. The predicted octanol–water partition coefficient (Wildman–Crippen LogP) is 0.675. The molecule has 0 radical (unpaired) electrons. The van der Waals surface area contributed by atoms with Gasteiger partial charge in [-0.3, -0.25) is 14.0 Å². The van der Waals surface area contributed by atoms with E-state index < -0.39 is 0 Å². The molecule has 2 aromatic heterocycles. The largest absolute Gasteiger partial charge is 0.353 e. The Balaban J connectivity index is 1.74. The number of hydrogen-bond donors (Lipinski definition) is 1. The van der Waals surface area contributed by atoms with Gasteiger partial charge in [-0.15, -0.1) is 11.3 Å². The number of carbonyl (C=O) groups is 2. The normalized spacial score (nSPS) is 19.4. The van der Waals surface area contributed by atoms with Crippen LogP contribution in [0.3, 0.4) is 0 Å². The average Bonchev–Trinajstić information content (AvgIpc) is 2.99. The molecule has 0 saturated carbocycles. The predicted molar refractivity (Wildman–Crippen MR) is 75.6 cm³/mol. The van der Waals surface area contributed by atoms with Crippen LogP contribution in [-0.2, 0) is 16.0 Å². The van der Waals surface area contributed by atoms with E-state index in [1.807, 2.05) is 29.1 Å². The molecule has 7 heteroatoms. The van der Waals surface area contributed by atoms with Crippen molar-refractivity contribution in [1.29, 1.82) is 0 Å².